The van der Waals surface area contributed by atoms with Crippen LogP contribution in [0.3, 0.4) is 0 Å². The van der Waals surface area contributed by atoms with Gasteiger partial charge in [0, 0.05) is 9.50 Å². The lowest BCUT2D eigenvalue weighted by Crippen LogP contribution is -2.08. The molecule has 1 N–H and O–H groups in total. The van der Waals surface area contributed by atoms with Crippen LogP contribution >= 0.6 is 27.5 Å². The standard InChI is InChI=1S/C12H11BrClN3O2/c1-2-10-11(12(18)19)15-16-17(10)6-7-3-4-8(13)5-9(7)14/h3-5H,2,6H2,1H3,(H,18,19). The minimum Gasteiger partial charge on any atom is -0.476 e. The van der Waals surface area contributed by atoms with Crippen LogP contribution in [-0.2, 0) is 13.0 Å². The van der Waals surface area contributed by atoms with Crippen LogP contribution in [-0.4, -0.2) is 26.1 Å². The van der Waals surface area contributed by atoms with Crippen LogP contribution in [0.2, 0.25) is 5.02 Å². The highest BCUT2D eigenvalue weighted by Crippen LogP contribution is 2.22. The molecule has 0 fully saturated rings. The van der Waals surface area contributed by atoms with Gasteiger partial charge in [0.15, 0.2) is 5.69 Å². The Kier molecular flexibility index (Phi) is 4.21. The maximum absolute atomic E-state index is 11.0. The van der Waals surface area contributed by atoms with Crippen LogP contribution in [0.15, 0.2) is 22.7 Å². The van der Waals surface area contributed by atoms with Crippen LogP contribution in [0.5, 0.6) is 0 Å². The van der Waals surface area contributed by atoms with Crippen LogP contribution in [0, 0.1) is 0 Å². The fraction of sp³-hybridized carbons (Fsp3) is 0.250. The van der Waals surface area contributed by atoms with Crippen LogP contribution in [0.25, 0.3) is 0 Å². The minimum absolute atomic E-state index is 0.00395. The summed E-state index contributed by atoms with van der Waals surface area (Å²) in [6, 6.07) is 5.54. The molecular formula is C12H11BrClN3O2. The van der Waals surface area contributed by atoms with Crippen molar-refractivity contribution >= 4 is 33.5 Å². The maximum Gasteiger partial charge on any atom is 0.358 e. The van der Waals surface area contributed by atoms with Gasteiger partial charge in [-0.1, -0.05) is 45.7 Å². The van der Waals surface area contributed by atoms with Gasteiger partial charge in [0.25, 0.3) is 0 Å². The largest absolute Gasteiger partial charge is 0.476 e. The molecule has 0 amide bonds. The lowest BCUT2D eigenvalue weighted by atomic mass is 10.2. The Bertz CT molecular complexity index is 627. The second-order valence-electron chi connectivity index (χ2n) is 3.94. The van der Waals surface area contributed by atoms with Gasteiger partial charge in [0.1, 0.15) is 0 Å². The van der Waals surface area contributed by atoms with Gasteiger partial charge in [-0.05, 0) is 24.1 Å². The summed E-state index contributed by atoms with van der Waals surface area (Å²) >= 11 is 9.47. The number of nitrogens with zero attached hydrogens (tertiary/aromatic N) is 3. The van der Waals surface area contributed by atoms with Crippen molar-refractivity contribution in [1.82, 2.24) is 15.0 Å². The zero-order valence-electron chi connectivity index (χ0n) is 10.1. The summed E-state index contributed by atoms with van der Waals surface area (Å²) in [5.74, 6) is -1.06. The molecule has 0 unspecified atom stereocenters. The van der Waals surface area contributed by atoms with E-state index in [0.717, 1.165) is 10.0 Å². The molecule has 0 aliphatic heterocycles. The number of halogens is 2. The van der Waals surface area contributed by atoms with Gasteiger partial charge >= 0.3 is 5.97 Å². The van der Waals surface area contributed by atoms with E-state index in [9.17, 15) is 4.79 Å². The van der Waals surface area contributed by atoms with Crippen molar-refractivity contribution in [3.63, 3.8) is 0 Å². The quantitative estimate of drug-likeness (QED) is 0.926. The average Bonchev–Trinajstić information content (AvgIpc) is 2.75. The Morgan fingerprint density at radius 3 is 2.84 bits per heavy atom. The molecule has 1 heterocycles. The van der Waals surface area contributed by atoms with Gasteiger partial charge in [-0.3, -0.25) is 0 Å². The van der Waals surface area contributed by atoms with E-state index in [1.807, 2.05) is 19.1 Å². The fourth-order valence-electron chi connectivity index (χ4n) is 1.79. The van der Waals surface area contributed by atoms with Gasteiger partial charge in [-0.15, -0.1) is 5.10 Å². The molecule has 0 atom stereocenters. The maximum atomic E-state index is 11.0. The Morgan fingerprint density at radius 1 is 1.53 bits per heavy atom. The van der Waals surface area contributed by atoms with Gasteiger partial charge in [-0.2, -0.15) is 0 Å². The molecule has 0 radical (unpaired) electrons. The molecule has 1 aromatic heterocycles. The highest BCUT2D eigenvalue weighted by Gasteiger charge is 2.17. The summed E-state index contributed by atoms with van der Waals surface area (Å²) in [4.78, 5) is 11.0. The van der Waals surface area contributed by atoms with Crippen molar-refractivity contribution in [2.75, 3.05) is 0 Å². The van der Waals surface area contributed by atoms with Crippen molar-refractivity contribution in [1.29, 1.82) is 0 Å². The third kappa shape index (κ3) is 2.96. The monoisotopic (exact) mass is 343 g/mol. The van der Waals surface area contributed by atoms with Gasteiger partial charge in [-0.25, -0.2) is 9.48 Å². The molecule has 0 saturated carbocycles. The number of aromatic carboxylic acids is 1. The molecule has 100 valence electrons. The van der Waals surface area contributed by atoms with Crippen molar-refractivity contribution < 1.29 is 9.90 Å². The van der Waals surface area contributed by atoms with Gasteiger partial charge in [0.05, 0.1) is 12.2 Å². The summed E-state index contributed by atoms with van der Waals surface area (Å²) in [5, 5.41) is 17.2. The summed E-state index contributed by atoms with van der Waals surface area (Å²) in [6.07, 6.45) is 0.544. The predicted octanol–water partition coefficient (Wildman–Crippen LogP) is 3.00. The normalized spacial score (nSPS) is 10.7. The van der Waals surface area contributed by atoms with Gasteiger partial charge in [0.2, 0.25) is 0 Å². The van der Waals surface area contributed by atoms with Crippen molar-refractivity contribution in [3.05, 3.63) is 44.6 Å². The van der Waals surface area contributed by atoms with Crippen LogP contribution in [0.1, 0.15) is 28.7 Å². The van der Waals surface area contributed by atoms with E-state index in [1.165, 1.54) is 0 Å². The van der Waals surface area contributed by atoms with E-state index in [2.05, 4.69) is 26.2 Å². The molecule has 2 aromatic rings. The first kappa shape index (κ1) is 14.0. The van der Waals surface area contributed by atoms with E-state index in [0.29, 0.717) is 23.7 Å². The second kappa shape index (κ2) is 5.71. The number of aromatic nitrogens is 3. The Balaban J connectivity index is 2.35. The summed E-state index contributed by atoms with van der Waals surface area (Å²) in [7, 11) is 0. The Labute approximate surface area is 123 Å². The molecule has 19 heavy (non-hydrogen) atoms. The van der Waals surface area contributed by atoms with E-state index in [1.54, 1.807) is 10.7 Å². The number of rotatable bonds is 4. The molecule has 7 heteroatoms. The molecule has 0 aliphatic rings. The molecule has 0 spiro atoms. The van der Waals surface area contributed by atoms with E-state index in [-0.39, 0.29) is 5.69 Å². The fourth-order valence-corrected chi connectivity index (χ4v) is 2.52. The first-order valence-electron chi connectivity index (χ1n) is 5.62. The smallest absolute Gasteiger partial charge is 0.358 e. The molecule has 0 saturated heterocycles. The average molecular weight is 345 g/mol. The highest BCUT2D eigenvalue weighted by molar-refractivity contribution is 9.10. The Hall–Kier alpha value is -1.40. The number of carbonyl (C=O) groups is 1. The summed E-state index contributed by atoms with van der Waals surface area (Å²) in [6.45, 7) is 2.26. The number of hydrogen-bond donors (Lipinski definition) is 1. The zero-order chi connectivity index (χ0) is 14.0. The van der Waals surface area contributed by atoms with Crippen LogP contribution in [0.4, 0.5) is 0 Å². The molecule has 5 nitrogen and oxygen atoms in total. The van der Waals surface area contributed by atoms with E-state index in [4.69, 9.17) is 16.7 Å². The van der Waals surface area contributed by atoms with Gasteiger partial charge < -0.3 is 5.11 Å². The lowest BCUT2D eigenvalue weighted by Gasteiger charge is -2.07. The molecule has 2 rings (SSSR count). The van der Waals surface area contributed by atoms with Crippen LogP contribution < -0.4 is 0 Å². The Morgan fingerprint density at radius 2 is 2.26 bits per heavy atom. The molecule has 1 aromatic carbocycles. The SMILES string of the molecule is CCc1c(C(=O)O)nnn1Cc1ccc(Br)cc1Cl. The third-order valence-electron chi connectivity index (χ3n) is 2.71. The zero-order valence-corrected chi connectivity index (χ0v) is 12.4. The molecule has 0 bridgehead atoms. The lowest BCUT2D eigenvalue weighted by molar-refractivity contribution is 0.0689. The predicted molar refractivity (Wildman–Crippen MR) is 74.6 cm³/mol. The first-order chi connectivity index (χ1) is 9.02. The highest BCUT2D eigenvalue weighted by atomic mass is 79.9. The topological polar surface area (TPSA) is 68.0 Å². The number of hydrogen-bond acceptors (Lipinski definition) is 3. The second-order valence-corrected chi connectivity index (χ2v) is 5.26. The van der Waals surface area contributed by atoms with E-state index < -0.39 is 5.97 Å². The first-order valence-corrected chi connectivity index (χ1v) is 6.79. The number of carboxylic acids is 1. The minimum atomic E-state index is -1.06. The van der Waals surface area contributed by atoms with E-state index >= 15 is 0 Å². The summed E-state index contributed by atoms with van der Waals surface area (Å²) < 4.78 is 2.46. The van der Waals surface area contributed by atoms with Crippen molar-refractivity contribution in [3.8, 4) is 0 Å². The number of benzene rings is 1. The van der Waals surface area contributed by atoms with Crippen molar-refractivity contribution in [2.45, 2.75) is 19.9 Å². The third-order valence-corrected chi connectivity index (χ3v) is 3.56. The molecule has 0 aliphatic carbocycles. The molecular weight excluding hydrogens is 334 g/mol. The summed E-state index contributed by atoms with van der Waals surface area (Å²) in [5.41, 5.74) is 1.45. The van der Waals surface area contributed by atoms with Crippen molar-refractivity contribution in [2.24, 2.45) is 0 Å². The number of carboxylic acid groups (broad SMARTS) is 1.